The summed E-state index contributed by atoms with van der Waals surface area (Å²) in [5.74, 6) is 0. The van der Waals surface area contributed by atoms with E-state index in [4.69, 9.17) is 0 Å². The third-order valence-corrected chi connectivity index (χ3v) is 1.85. The summed E-state index contributed by atoms with van der Waals surface area (Å²) >= 11 is 0. The molecule has 0 aliphatic rings. The first-order valence-corrected chi connectivity index (χ1v) is 4.00. The summed E-state index contributed by atoms with van der Waals surface area (Å²) in [7, 11) is -0.845. The maximum absolute atomic E-state index is 12.0. The summed E-state index contributed by atoms with van der Waals surface area (Å²) < 4.78 is 46.3. The lowest BCUT2D eigenvalue weighted by Gasteiger charge is -2.03. The zero-order valence-corrected chi connectivity index (χ0v) is 9.30. The molecule has 14 heavy (non-hydrogen) atoms. The fourth-order valence-electron chi connectivity index (χ4n) is 0.759. The average Bonchev–Trinajstić information content (AvgIpc) is 2.03. The molecule has 0 N–H and O–H groups in total. The van der Waals surface area contributed by atoms with Gasteiger partial charge in [-0.25, -0.2) is 0 Å². The zero-order valence-electron chi connectivity index (χ0n) is 6.67. The SMILES string of the molecule is Cl.Cl.O=[PH+]c1cccc(C(F)(F)F)c1. The summed E-state index contributed by atoms with van der Waals surface area (Å²) in [6, 6.07) is 4.46. The molecule has 0 aliphatic heterocycles. The summed E-state index contributed by atoms with van der Waals surface area (Å²) in [4.78, 5) is 0. The van der Waals surface area contributed by atoms with Gasteiger partial charge in [-0.1, -0.05) is 10.6 Å². The molecule has 80 valence electrons. The molecule has 1 rings (SSSR count). The highest BCUT2D eigenvalue weighted by Crippen LogP contribution is 2.28. The maximum atomic E-state index is 12.0. The van der Waals surface area contributed by atoms with Crippen molar-refractivity contribution in [1.29, 1.82) is 0 Å². The highest BCUT2D eigenvalue weighted by molar-refractivity contribution is 7.34. The molecule has 1 nitrogen and oxygen atoms in total. The molecule has 7 heteroatoms. The van der Waals surface area contributed by atoms with Crippen molar-refractivity contribution >= 4 is 38.6 Å². The highest BCUT2D eigenvalue weighted by atomic mass is 35.5. The Kier molecular flexibility index (Phi) is 7.17. The molecule has 0 fully saturated rings. The van der Waals surface area contributed by atoms with E-state index in [1.54, 1.807) is 0 Å². The molecule has 0 saturated heterocycles. The number of hydrogen-bond donors (Lipinski definition) is 0. The van der Waals surface area contributed by atoms with Crippen molar-refractivity contribution < 1.29 is 17.7 Å². The first kappa shape index (κ1) is 16.1. The second-order valence-corrected chi connectivity index (χ2v) is 2.96. The van der Waals surface area contributed by atoms with Crippen LogP contribution in [0.25, 0.3) is 0 Å². The first-order valence-electron chi connectivity index (χ1n) is 3.09. The van der Waals surface area contributed by atoms with Crippen LogP contribution in [0.1, 0.15) is 5.56 Å². The minimum Gasteiger partial charge on any atom is -0.166 e. The Bertz CT molecular complexity index is 303. The molecular weight excluding hydrogens is 259 g/mol. The first-order chi connectivity index (χ1) is 5.54. The van der Waals surface area contributed by atoms with Crippen LogP contribution in [-0.4, -0.2) is 0 Å². The van der Waals surface area contributed by atoms with Gasteiger partial charge in [0.25, 0.3) is 0 Å². The van der Waals surface area contributed by atoms with Gasteiger partial charge in [-0.05, 0) is 12.1 Å². The molecule has 0 aliphatic carbocycles. The molecule has 1 unspecified atom stereocenters. The van der Waals surface area contributed by atoms with Gasteiger partial charge in [0, 0.05) is 6.07 Å². The van der Waals surface area contributed by atoms with Gasteiger partial charge in [0.1, 0.15) is 0 Å². The Morgan fingerprint density at radius 2 is 1.71 bits per heavy atom. The number of alkyl halides is 3. The molecule has 1 aromatic rings. The van der Waals surface area contributed by atoms with Gasteiger partial charge < -0.3 is 0 Å². The minimum absolute atomic E-state index is 0. The summed E-state index contributed by atoms with van der Waals surface area (Å²) in [6.45, 7) is 0. The lowest BCUT2D eigenvalue weighted by atomic mass is 10.2. The van der Waals surface area contributed by atoms with Gasteiger partial charge in [0.05, 0.1) is 5.56 Å². The summed E-state index contributed by atoms with van der Waals surface area (Å²) in [5, 5.41) is 0.185. The van der Waals surface area contributed by atoms with Crippen molar-refractivity contribution in [3.63, 3.8) is 0 Å². The predicted octanol–water partition coefficient (Wildman–Crippen LogP) is 3.20. The third-order valence-electron chi connectivity index (χ3n) is 1.31. The van der Waals surface area contributed by atoms with Gasteiger partial charge >= 0.3 is 14.6 Å². The van der Waals surface area contributed by atoms with Crippen LogP contribution >= 0.6 is 33.3 Å². The van der Waals surface area contributed by atoms with E-state index in [0.717, 1.165) is 12.1 Å². The van der Waals surface area contributed by atoms with E-state index in [2.05, 4.69) is 0 Å². The number of rotatable bonds is 1. The van der Waals surface area contributed by atoms with Gasteiger partial charge in [0.15, 0.2) is 5.30 Å². The van der Waals surface area contributed by atoms with Gasteiger partial charge in [-0.15, -0.1) is 24.8 Å². The molecule has 0 amide bonds. The van der Waals surface area contributed by atoms with Crippen molar-refractivity contribution in [3.05, 3.63) is 29.8 Å². The molecule has 0 heterocycles. The monoisotopic (exact) mass is 265 g/mol. The van der Waals surface area contributed by atoms with Gasteiger partial charge in [0.2, 0.25) is 0 Å². The van der Waals surface area contributed by atoms with Crippen LogP contribution in [0.4, 0.5) is 13.2 Å². The Morgan fingerprint density at radius 1 is 1.14 bits per heavy atom. The van der Waals surface area contributed by atoms with E-state index in [0.29, 0.717) is 0 Å². The smallest absolute Gasteiger partial charge is 0.166 e. The Hall–Kier alpha value is -0.310. The normalized spacial score (nSPS) is 10.2. The Morgan fingerprint density at radius 3 is 2.14 bits per heavy atom. The maximum Gasteiger partial charge on any atom is 0.416 e. The molecule has 0 saturated carbocycles. The number of benzene rings is 1. The van der Waals surface area contributed by atoms with Crippen molar-refractivity contribution in [2.24, 2.45) is 0 Å². The highest BCUT2D eigenvalue weighted by Gasteiger charge is 2.31. The van der Waals surface area contributed by atoms with E-state index < -0.39 is 20.2 Å². The topological polar surface area (TPSA) is 17.1 Å². The standard InChI is InChI=1S/C7H4F3OP.2ClH/c8-7(9,10)5-2-1-3-6(4-5)12-11;;/h1-4H;2*1H/p+1. The lowest BCUT2D eigenvalue weighted by molar-refractivity contribution is -0.137. The minimum atomic E-state index is -4.35. The van der Waals surface area contributed by atoms with Crippen LogP contribution in [0, 0.1) is 0 Å². The number of halogens is 5. The zero-order chi connectivity index (χ0) is 9.19. The predicted molar refractivity (Wildman–Crippen MR) is 54.6 cm³/mol. The van der Waals surface area contributed by atoms with Crippen LogP contribution < -0.4 is 5.30 Å². The van der Waals surface area contributed by atoms with E-state index >= 15 is 0 Å². The summed E-state index contributed by atoms with van der Waals surface area (Å²) in [5.41, 5.74) is -0.761. The quantitative estimate of drug-likeness (QED) is 0.713. The second-order valence-electron chi connectivity index (χ2n) is 2.18. The van der Waals surface area contributed by atoms with Crippen molar-refractivity contribution in [1.82, 2.24) is 0 Å². The van der Waals surface area contributed by atoms with Crippen LogP contribution in [-0.2, 0) is 10.7 Å². The van der Waals surface area contributed by atoms with Crippen LogP contribution in [0.2, 0.25) is 0 Å². The van der Waals surface area contributed by atoms with Gasteiger partial charge in [-0.2, -0.15) is 13.2 Å². The fourth-order valence-corrected chi connectivity index (χ4v) is 1.14. The van der Waals surface area contributed by atoms with Crippen LogP contribution in [0.15, 0.2) is 24.3 Å². The fraction of sp³-hybridized carbons (Fsp3) is 0.143. The van der Waals surface area contributed by atoms with Crippen LogP contribution in [0.3, 0.4) is 0 Å². The van der Waals surface area contributed by atoms with E-state index in [-0.39, 0.29) is 30.1 Å². The summed E-state index contributed by atoms with van der Waals surface area (Å²) in [6.07, 6.45) is -4.35. The number of hydrogen-bond acceptors (Lipinski definition) is 1. The Labute approximate surface area is 92.7 Å². The molecule has 0 spiro atoms. The lowest BCUT2D eigenvalue weighted by Crippen LogP contribution is -2.07. The molecule has 1 atom stereocenters. The largest absolute Gasteiger partial charge is 0.416 e. The van der Waals surface area contributed by atoms with Crippen LogP contribution in [0.5, 0.6) is 0 Å². The second kappa shape index (κ2) is 6.23. The Balaban J connectivity index is 0. The average molecular weight is 266 g/mol. The van der Waals surface area contributed by atoms with Crippen molar-refractivity contribution in [2.45, 2.75) is 6.18 Å². The van der Waals surface area contributed by atoms with Gasteiger partial charge in [-0.3, -0.25) is 0 Å². The molecule has 0 aromatic heterocycles. The van der Waals surface area contributed by atoms with Crippen molar-refractivity contribution in [3.8, 4) is 0 Å². The molecular formula is C7H7Cl2F3OP+. The molecule has 0 bridgehead atoms. The van der Waals surface area contributed by atoms with E-state index in [1.165, 1.54) is 12.1 Å². The van der Waals surface area contributed by atoms with E-state index in [9.17, 15) is 17.7 Å². The van der Waals surface area contributed by atoms with Crippen molar-refractivity contribution in [2.75, 3.05) is 0 Å². The third kappa shape index (κ3) is 4.27. The van der Waals surface area contributed by atoms with E-state index in [1.807, 2.05) is 0 Å². The molecule has 1 aromatic carbocycles. The molecule has 0 radical (unpaired) electrons.